The topological polar surface area (TPSA) is 86.1 Å². The van der Waals surface area contributed by atoms with E-state index in [0.717, 1.165) is 16.0 Å². The average molecular weight is 446 g/mol. The summed E-state index contributed by atoms with van der Waals surface area (Å²) in [6.07, 6.45) is 4.67. The number of carbonyl (C=O) groups excluding carboxylic acids is 2. The number of amides is 2. The van der Waals surface area contributed by atoms with Crippen molar-refractivity contribution in [3.63, 3.8) is 0 Å². The molecule has 1 atom stereocenters. The number of likely N-dealkylation sites (tertiary alicyclic amines) is 1. The molecule has 33 heavy (non-hydrogen) atoms. The molecule has 1 saturated heterocycles. The van der Waals surface area contributed by atoms with Gasteiger partial charge >= 0.3 is 0 Å². The molecule has 3 aromatic rings. The predicted octanol–water partition coefficient (Wildman–Crippen LogP) is 3.89. The first kappa shape index (κ1) is 22.1. The quantitative estimate of drug-likeness (QED) is 0.603. The van der Waals surface area contributed by atoms with Crippen LogP contribution in [0.3, 0.4) is 0 Å². The smallest absolute Gasteiger partial charge is 0.268 e. The number of pyridine rings is 1. The monoisotopic (exact) mass is 446 g/mol. The van der Waals surface area contributed by atoms with Crippen molar-refractivity contribution in [2.75, 3.05) is 13.1 Å². The van der Waals surface area contributed by atoms with Crippen LogP contribution in [0.5, 0.6) is 0 Å². The third-order valence-electron chi connectivity index (χ3n) is 5.42. The third-order valence-corrected chi connectivity index (χ3v) is 5.42. The van der Waals surface area contributed by atoms with Gasteiger partial charge in [-0.15, -0.1) is 0 Å². The molecule has 0 spiro atoms. The Morgan fingerprint density at radius 2 is 1.91 bits per heavy atom. The Hall–Kier alpha value is -4.12. The van der Waals surface area contributed by atoms with Crippen LogP contribution in [0.4, 0.5) is 8.78 Å². The average Bonchev–Trinajstić information content (AvgIpc) is 3.15. The lowest BCUT2D eigenvalue weighted by molar-refractivity contribution is -0.131. The molecular weight excluding hydrogens is 426 g/mol. The molecular formula is C25H20F2N4O2. The number of carbonyl (C=O) groups is 2. The lowest BCUT2D eigenvalue weighted by Crippen LogP contribution is -2.43. The van der Waals surface area contributed by atoms with E-state index in [-0.39, 0.29) is 0 Å². The fourth-order valence-corrected chi connectivity index (χ4v) is 3.77. The van der Waals surface area contributed by atoms with Crippen molar-refractivity contribution in [1.29, 1.82) is 5.26 Å². The fraction of sp³-hybridized carbons (Fsp3) is 0.200. The second kappa shape index (κ2) is 9.17. The van der Waals surface area contributed by atoms with E-state index in [1.807, 2.05) is 54.6 Å². The van der Waals surface area contributed by atoms with E-state index in [1.165, 1.54) is 12.3 Å². The van der Waals surface area contributed by atoms with Gasteiger partial charge in [-0.3, -0.25) is 14.6 Å². The molecule has 8 heteroatoms. The Bertz CT molecular complexity index is 1270. The van der Waals surface area contributed by atoms with Crippen LogP contribution in [0.25, 0.3) is 23.1 Å². The van der Waals surface area contributed by atoms with Crippen LogP contribution in [0.1, 0.15) is 27.9 Å². The maximum absolute atomic E-state index is 13.6. The van der Waals surface area contributed by atoms with Crippen LogP contribution in [0.2, 0.25) is 0 Å². The molecule has 2 heterocycles. The summed E-state index contributed by atoms with van der Waals surface area (Å²) in [5.74, 6) is -4.36. The molecule has 6 nitrogen and oxygen atoms in total. The first-order valence-corrected chi connectivity index (χ1v) is 10.3. The Balaban J connectivity index is 1.50. The first-order valence-electron chi connectivity index (χ1n) is 10.3. The molecule has 1 aromatic heterocycles. The number of alkyl halides is 2. The maximum Gasteiger partial charge on any atom is 0.268 e. The van der Waals surface area contributed by atoms with Crippen molar-refractivity contribution in [3.8, 4) is 6.07 Å². The van der Waals surface area contributed by atoms with Crippen LogP contribution < -0.4 is 5.32 Å². The second-order valence-corrected chi connectivity index (χ2v) is 7.79. The lowest BCUT2D eigenvalue weighted by Gasteiger charge is -2.19. The molecule has 0 radical (unpaired) electrons. The highest BCUT2D eigenvalue weighted by atomic mass is 19.3. The number of nitrogens with one attached hydrogen (secondary N) is 1. The van der Waals surface area contributed by atoms with Gasteiger partial charge in [-0.1, -0.05) is 48.6 Å². The summed E-state index contributed by atoms with van der Waals surface area (Å²) in [7, 11) is 0. The largest absolute Gasteiger partial charge is 0.343 e. The van der Waals surface area contributed by atoms with E-state index in [1.54, 1.807) is 12.1 Å². The lowest BCUT2D eigenvalue weighted by atomic mass is 10.0. The Morgan fingerprint density at radius 1 is 1.15 bits per heavy atom. The molecule has 2 aromatic carbocycles. The molecule has 0 bridgehead atoms. The van der Waals surface area contributed by atoms with Crippen LogP contribution in [-0.4, -0.2) is 46.8 Å². The van der Waals surface area contributed by atoms with Crippen molar-refractivity contribution in [1.82, 2.24) is 15.2 Å². The standard InChI is InChI=1S/C25H20F2N4O2/c26-25(27)13-19(14-28)31(16-25)23(32)15-30-24(33)20-10-11-29-22-9-8-18(12-21(20)22)7-6-17-4-2-1-3-5-17/h1-12,19H,13,15-16H2,(H,30,33)/b7-6+. The zero-order valence-corrected chi connectivity index (χ0v) is 17.5. The second-order valence-electron chi connectivity index (χ2n) is 7.79. The summed E-state index contributed by atoms with van der Waals surface area (Å²) < 4.78 is 27.2. The normalized spacial score (nSPS) is 17.2. The third kappa shape index (κ3) is 5.04. The number of benzene rings is 2. The van der Waals surface area contributed by atoms with Crippen molar-refractivity contribution in [2.24, 2.45) is 0 Å². The van der Waals surface area contributed by atoms with Gasteiger partial charge in [0, 0.05) is 18.0 Å². The number of nitriles is 1. The molecule has 1 aliphatic rings. The Kier molecular flexibility index (Phi) is 6.13. The van der Waals surface area contributed by atoms with Crippen molar-refractivity contribution in [2.45, 2.75) is 18.4 Å². The van der Waals surface area contributed by atoms with E-state index >= 15 is 0 Å². The van der Waals surface area contributed by atoms with E-state index in [2.05, 4.69) is 10.3 Å². The molecule has 0 aliphatic carbocycles. The summed E-state index contributed by atoms with van der Waals surface area (Å²) in [6, 6.07) is 17.3. The van der Waals surface area contributed by atoms with Gasteiger partial charge < -0.3 is 10.2 Å². The summed E-state index contributed by atoms with van der Waals surface area (Å²) in [6.45, 7) is -1.31. The Labute approximate surface area is 189 Å². The number of hydrogen-bond donors (Lipinski definition) is 1. The number of rotatable bonds is 5. The van der Waals surface area contributed by atoms with Crippen molar-refractivity contribution in [3.05, 3.63) is 77.5 Å². The van der Waals surface area contributed by atoms with Crippen molar-refractivity contribution >= 4 is 34.9 Å². The zero-order valence-electron chi connectivity index (χ0n) is 17.5. The first-order chi connectivity index (χ1) is 15.9. The van der Waals surface area contributed by atoms with Gasteiger partial charge in [0.1, 0.15) is 6.04 Å². The van der Waals surface area contributed by atoms with E-state index in [0.29, 0.717) is 16.5 Å². The summed E-state index contributed by atoms with van der Waals surface area (Å²) >= 11 is 0. The van der Waals surface area contributed by atoms with Gasteiger partial charge in [-0.25, -0.2) is 8.78 Å². The summed E-state index contributed by atoms with van der Waals surface area (Å²) in [5, 5.41) is 12.1. The fourth-order valence-electron chi connectivity index (χ4n) is 3.77. The molecule has 4 rings (SSSR count). The zero-order chi connectivity index (χ0) is 23.4. The van der Waals surface area contributed by atoms with Crippen molar-refractivity contribution < 1.29 is 18.4 Å². The van der Waals surface area contributed by atoms with E-state index in [4.69, 9.17) is 5.26 Å². The summed E-state index contributed by atoms with van der Waals surface area (Å²) in [5.41, 5.74) is 2.81. The number of nitrogens with zero attached hydrogens (tertiary/aromatic N) is 3. The predicted molar refractivity (Wildman–Crippen MR) is 120 cm³/mol. The molecule has 1 aliphatic heterocycles. The molecule has 166 valence electrons. The van der Waals surface area contributed by atoms with Crippen LogP contribution in [-0.2, 0) is 4.79 Å². The molecule has 1 unspecified atom stereocenters. The maximum atomic E-state index is 13.6. The van der Waals surface area contributed by atoms with Gasteiger partial charge in [0.15, 0.2) is 0 Å². The highest BCUT2D eigenvalue weighted by Crippen LogP contribution is 2.31. The van der Waals surface area contributed by atoms with Gasteiger partial charge in [0.05, 0.1) is 30.2 Å². The summed E-state index contributed by atoms with van der Waals surface area (Å²) in [4.78, 5) is 30.3. The Morgan fingerprint density at radius 3 is 2.67 bits per heavy atom. The minimum atomic E-state index is -3.11. The van der Waals surface area contributed by atoms with Crippen LogP contribution in [0, 0.1) is 11.3 Å². The van der Waals surface area contributed by atoms with Crippen LogP contribution >= 0.6 is 0 Å². The van der Waals surface area contributed by atoms with Gasteiger partial charge in [0.25, 0.3) is 11.8 Å². The molecule has 1 N–H and O–H groups in total. The number of halogens is 2. The van der Waals surface area contributed by atoms with E-state index in [9.17, 15) is 18.4 Å². The highest BCUT2D eigenvalue weighted by molar-refractivity contribution is 6.07. The minimum absolute atomic E-state index is 0.311. The highest BCUT2D eigenvalue weighted by Gasteiger charge is 2.47. The van der Waals surface area contributed by atoms with Crippen LogP contribution in [0.15, 0.2) is 60.8 Å². The number of fused-ring (bicyclic) bond motifs is 1. The van der Waals surface area contributed by atoms with Gasteiger partial charge in [0.2, 0.25) is 5.91 Å². The molecule has 2 amide bonds. The van der Waals surface area contributed by atoms with Gasteiger partial charge in [-0.05, 0) is 29.3 Å². The number of aromatic nitrogens is 1. The molecule has 1 fully saturated rings. The molecule has 0 saturated carbocycles. The minimum Gasteiger partial charge on any atom is -0.343 e. The van der Waals surface area contributed by atoms with E-state index < -0.39 is 43.3 Å². The number of hydrogen-bond acceptors (Lipinski definition) is 4. The van der Waals surface area contributed by atoms with Gasteiger partial charge in [-0.2, -0.15) is 5.26 Å². The SMILES string of the molecule is N#CC1CC(F)(F)CN1C(=O)CNC(=O)c1ccnc2ccc(/C=C/c3ccccc3)cc12.